The van der Waals surface area contributed by atoms with Crippen LogP contribution in [0.3, 0.4) is 0 Å². The lowest BCUT2D eigenvalue weighted by Crippen LogP contribution is -2.17. The number of halogens is 1. The lowest BCUT2D eigenvalue weighted by atomic mass is 10.1. The largest absolute Gasteiger partial charge is 0.441 e. The molecule has 1 heterocycles. The minimum atomic E-state index is -1.10. The Morgan fingerprint density at radius 3 is 3.00 bits per heavy atom. The van der Waals surface area contributed by atoms with Gasteiger partial charge in [-0.25, -0.2) is 0 Å². The van der Waals surface area contributed by atoms with Gasteiger partial charge in [-0.15, -0.1) is 0 Å². The molecule has 1 aromatic heterocycles. The van der Waals surface area contributed by atoms with Gasteiger partial charge in [0.15, 0.2) is 0 Å². The number of H-pyrrole nitrogens is 1. The molecular weight excluding hydrogens is 214 g/mol. The summed E-state index contributed by atoms with van der Waals surface area (Å²) in [5, 5.41) is -0.0680. The molecule has 2 rings (SSSR count). The molecule has 0 aliphatic rings. The van der Waals surface area contributed by atoms with E-state index in [1.165, 1.54) is 0 Å². The number of carbonyl (C=O) groups excluding carboxylic acids is 1. The normalized spacial score (nSPS) is 14.8. The van der Waals surface area contributed by atoms with Gasteiger partial charge in [-0.2, -0.15) is 0 Å². The smallest absolute Gasteiger partial charge is 0.295 e. The van der Waals surface area contributed by atoms with Crippen molar-refractivity contribution >= 4 is 29.0 Å². The van der Waals surface area contributed by atoms with E-state index < -0.39 is 5.06 Å². The summed E-state index contributed by atoms with van der Waals surface area (Å²) >= 11 is 6.07. The first-order valence-corrected chi connectivity index (χ1v) is 4.89. The lowest BCUT2D eigenvalue weighted by molar-refractivity contribution is -0.135. The minimum absolute atomic E-state index is 0.355. The van der Waals surface area contributed by atoms with Gasteiger partial charge in [0.2, 0.25) is 5.06 Å². The molecule has 15 heavy (non-hydrogen) atoms. The molecule has 1 N–H and O–H groups in total. The number of ether oxygens (including phenoxy) is 1. The maximum Gasteiger partial charge on any atom is 0.295 e. The fourth-order valence-electron chi connectivity index (χ4n) is 1.49. The van der Waals surface area contributed by atoms with Crippen LogP contribution in [0.2, 0.25) is 0 Å². The second kappa shape index (κ2) is 3.59. The zero-order valence-electron chi connectivity index (χ0n) is 8.16. The van der Waals surface area contributed by atoms with Gasteiger partial charge in [0, 0.05) is 17.3 Å². The van der Waals surface area contributed by atoms with Crippen molar-refractivity contribution < 1.29 is 9.53 Å². The van der Waals surface area contributed by atoms with Crippen LogP contribution in [0.25, 0.3) is 10.9 Å². The van der Waals surface area contributed by atoms with Crippen LogP contribution in [0.1, 0.15) is 12.5 Å². The highest BCUT2D eigenvalue weighted by atomic mass is 35.5. The zero-order valence-corrected chi connectivity index (χ0v) is 8.91. The van der Waals surface area contributed by atoms with Gasteiger partial charge >= 0.3 is 0 Å². The van der Waals surface area contributed by atoms with Gasteiger partial charge in [0.25, 0.3) is 6.47 Å². The Hall–Kier alpha value is -1.48. The number of rotatable bonds is 3. The Morgan fingerprint density at radius 1 is 1.47 bits per heavy atom. The summed E-state index contributed by atoms with van der Waals surface area (Å²) in [5.74, 6) is 0. The summed E-state index contributed by atoms with van der Waals surface area (Å²) in [5.41, 5.74) is 1.78. The van der Waals surface area contributed by atoms with Gasteiger partial charge in [-0.05, 0) is 30.5 Å². The number of benzene rings is 1. The Bertz CT molecular complexity index is 490. The van der Waals surface area contributed by atoms with Crippen molar-refractivity contribution in [3.63, 3.8) is 0 Å². The molecule has 2 aromatic rings. The molecular formula is C11H10ClNO2. The summed E-state index contributed by atoms with van der Waals surface area (Å²) in [7, 11) is 0. The standard InChI is InChI=1S/C11H10ClNO2/c1-11(12,15-7-14)9-2-3-10-8(6-9)4-5-13-10/h2-7,13H,1H3. The Labute approximate surface area is 92.0 Å². The number of carbonyl (C=O) groups is 1. The van der Waals surface area contributed by atoms with Crippen LogP contribution in [0.4, 0.5) is 0 Å². The topological polar surface area (TPSA) is 42.1 Å². The van der Waals surface area contributed by atoms with Crippen LogP contribution in [0.5, 0.6) is 0 Å². The van der Waals surface area contributed by atoms with Gasteiger partial charge in [0.1, 0.15) is 0 Å². The molecule has 1 unspecified atom stereocenters. The predicted octanol–water partition coefficient (Wildman–Crippen LogP) is 2.75. The van der Waals surface area contributed by atoms with Crippen molar-refractivity contribution in [2.45, 2.75) is 12.0 Å². The molecule has 4 heteroatoms. The van der Waals surface area contributed by atoms with Crippen molar-refractivity contribution in [1.29, 1.82) is 0 Å². The first-order valence-electron chi connectivity index (χ1n) is 4.51. The van der Waals surface area contributed by atoms with E-state index in [1.807, 2.05) is 30.5 Å². The van der Waals surface area contributed by atoms with Crippen LogP contribution < -0.4 is 0 Å². The molecule has 0 fully saturated rings. The van der Waals surface area contributed by atoms with Crippen LogP contribution in [-0.4, -0.2) is 11.5 Å². The number of nitrogens with one attached hydrogen (secondary N) is 1. The summed E-state index contributed by atoms with van der Waals surface area (Å²) < 4.78 is 4.82. The average Bonchev–Trinajstić information content (AvgIpc) is 2.63. The van der Waals surface area contributed by atoms with E-state index in [0.29, 0.717) is 6.47 Å². The van der Waals surface area contributed by atoms with Gasteiger partial charge in [-0.3, -0.25) is 4.79 Å². The predicted molar refractivity (Wildman–Crippen MR) is 58.7 cm³/mol. The van der Waals surface area contributed by atoms with Crippen molar-refractivity contribution in [2.24, 2.45) is 0 Å². The van der Waals surface area contributed by atoms with E-state index in [4.69, 9.17) is 16.3 Å². The molecule has 0 amide bonds. The van der Waals surface area contributed by atoms with Crippen molar-refractivity contribution in [1.82, 2.24) is 4.98 Å². The molecule has 0 bridgehead atoms. The Kier molecular flexibility index (Phi) is 2.40. The highest BCUT2D eigenvalue weighted by Crippen LogP contribution is 2.31. The third-order valence-electron chi connectivity index (χ3n) is 2.34. The van der Waals surface area contributed by atoms with Crippen LogP contribution in [0, 0.1) is 0 Å². The Morgan fingerprint density at radius 2 is 2.27 bits per heavy atom. The van der Waals surface area contributed by atoms with Gasteiger partial charge < -0.3 is 9.72 Å². The van der Waals surface area contributed by atoms with Gasteiger partial charge in [0.05, 0.1) is 0 Å². The SMILES string of the molecule is CC(Cl)(OC=O)c1ccc2[nH]ccc2c1. The number of alkyl halides is 1. The van der Waals surface area contributed by atoms with E-state index in [1.54, 1.807) is 6.92 Å². The molecule has 3 nitrogen and oxygen atoms in total. The second-order valence-corrected chi connectivity index (χ2v) is 4.13. The number of aromatic nitrogens is 1. The quantitative estimate of drug-likeness (QED) is 0.642. The van der Waals surface area contributed by atoms with E-state index in [0.717, 1.165) is 16.5 Å². The molecule has 1 atom stereocenters. The summed E-state index contributed by atoms with van der Waals surface area (Å²) in [4.78, 5) is 13.4. The lowest BCUT2D eigenvalue weighted by Gasteiger charge is -2.20. The van der Waals surface area contributed by atoms with Crippen LogP contribution in [-0.2, 0) is 14.6 Å². The van der Waals surface area contributed by atoms with Crippen LogP contribution in [0.15, 0.2) is 30.5 Å². The third kappa shape index (κ3) is 1.83. The fourth-order valence-corrected chi connectivity index (χ4v) is 1.64. The molecule has 0 spiro atoms. The second-order valence-electron chi connectivity index (χ2n) is 3.41. The highest BCUT2D eigenvalue weighted by Gasteiger charge is 2.24. The third-order valence-corrected chi connectivity index (χ3v) is 2.65. The maximum absolute atomic E-state index is 10.3. The Balaban J connectivity index is 2.47. The van der Waals surface area contributed by atoms with Crippen molar-refractivity contribution in [2.75, 3.05) is 0 Å². The zero-order chi connectivity index (χ0) is 10.9. The maximum atomic E-state index is 10.3. The van der Waals surface area contributed by atoms with Crippen molar-refractivity contribution in [3.05, 3.63) is 36.0 Å². The molecule has 0 saturated heterocycles. The highest BCUT2D eigenvalue weighted by molar-refractivity contribution is 6.23. The van der Waals surface area contributed by atoms with Gasteiger partial charge in [-0.1, -0.05) is 17.7 Å². The van der Waals surface area contributed by atoms with E-state index in [2.05, 4.69) is 4.98 Å². The first-order chi connectivity index (χ1) is 7.13. The number of aromatic amines is 1. The fraction of sp³-hybridized carbons (Fsp3) is 0.182. The van der Waals surface area contributed by atoms with Crippen LogP contribution >= 0.6 is 11.6 Å². The minimum Gasteiger partial charge on any atom is -0.441 e. The molecule has 78 valence electrons. The van der Waals surface area contributed by atoms with Crippen molar-refractivity contribution in [3.8, 4) is 0 Å². The summed E-state index contributed by atoms with van der Waals surface area (Å²) in [6.07, 6.45) is 1.85. The molecule has 0 aliphatic heterocycles. The monoisotopic (exact) mass is 223 g/mol. The number of hydrogen-bond donors (Lipinski definition) is 1. The number of fused-ring (bicyclic) bond motifs is 1. The summed E-state index contributed by atoms with van der Waals surface area (Å²) in [6.45, 7) is 1.99. The van der Waals surface area contributed by atoms with E-state index >= 15 is 0 Å². The summed E-state index contributed by atoms with van der Waals surface area (Å²) in [6, 6.07) is 7.56. The molecule has 1 aromatic carbocycles. The van der Waals surface area contributed by atoms with E-state index in [-0.39, 0.29) is 0 Å². The molecule has 0 saturated carbocycles. The molecule has 0 aliphatic carbocycles. The first kappa shape index (κ1) is 10.1. The number of hydrogen-bond acceptors (Lipinski definition) is 2. The average molecular weight is 224 g/mol. The molecule has 0 radical (unpaired) electrons. The van der Waals surface area contributed by atoms with E-state index in [9.17, 15) is 4.79 Å².